The van der Waals surface area contributed by atoms with E-state index in [0.717, 1.165) is 67.0 Å². The fourth-order valence-electron chi connectivity index (χ4n) is 3.71. The number of hydrogen-bond acceptors (Lipinski definition) is 8. The second kappa shape index (κ2) is 11.6. The van der Waals surface area contributed by atoms with E-state index in [0.29, 0.717) is 0 Å². The van der Waals surface area contributed by atoms with Crippen molar-refractivity contribution in [2.24, 2.45) is 5.73 Å². The van der Waals surface area contributed by atoms with Crippen molar-refractivity contribution in [3.8, 4) is 10.6 Å². The first kappa shape index (κ1) is 24.4. The van der Waals surface area contributed by atoms with Gasteiger partial charge in [-0.1, -0.05) is 37.3 Å². The lowest BCUT2D eigenvalue weighted by Crippen LogP contribution is -2.41. The van der Waals surface area contributed by atoms with Crippen LogP contribution in [0.5, 0.6) is 0 Å². The summed E-state index contributed by atoms with van der Waals surface area (Å²) >= 11 is 1.64. The van der Waals surface area contributed by atoms with Gasteiger partial charge >= 0.3 is 5.97 Å². The summed E-state index contributed by atoms with van der Waals surface area (Å²) in [4.78, 5) is 20.7. The van der Waals surface area contributed by atoms with Crippen molar-refractivity contribution in [1.82, 2.24) is 15.2 Å². The monoisotopic (exact) mass is 458 g/mol. The van der Waals surface area contributed by atoms with Crippen molar-refractivity contribution < 1.29 is 14.3 Å². The normalized spacial score (nSPS) is 17.2. The van der Waals surface area contributed by atoms with Gasteiger partial charge in [0, 0.05) is 25.2 Å². The van der Waals surface area contributed by atoms with Crippen molar-refractivity contribution in [2.75, 3.05) is 39.5 Å². The molecule has 0 radical (unpaired) electrons. The Balaban J connectivity index is 2.05. The van der Waals surface area contributed by atoms with Crippen LogP contribution in [-0.2, 0) is 26.4 Å². The Bertz CT molecular complexity index is 909. The fourth-order valence-corrected chi connectivity index (χ4v) is 4.88. The maximum atomic E-state index is 12.3. The predicted octanol–water partition coefficient (Wildman–Crippen LogP) is 3.26. The van der Waals surface area contributed by atoms with Crippen LogP contribution in [0.15, 0.2) is 42.1 Å². The third-order valence-corrected chi connectivity index (χ3v) is 6.75. The number of carbonyl (C=O) groups excluding carboxylic acids is 1. The molecule has 2 aromatic rings. The van der Waals surface area contributed by atoms with Crippen LogP contribution in [0.2, 0.25) is 0 Å². The van der Waals surface area contributed by atoms with Gasteiger partial charge < -0.3 is 20.5 Å². The molecule has 174 valence electrons. The van der Waals surface area contributed by atoms with Gasteiger partial charge in [-0.15, -0.1) is 11.3 Å². The van der Waals surface area contributed by atoms with Crippen LogP contribution in [0.3, 0.4) is 0 Å². The first-order valence-corrected chi connectivity index (χ1v) is 12.0. The minimum Gasteiger partial charge on any atom is -0.461 e. The summed E-state index contributed by atoms with van der Waals surface area (Å²) in [6.45, 7) is 10.9. The second-order valence-electron chi connectivity index (χ2n) is 8.00. The maximum absolute atomic E-state index is 12.3. The van der Waals surface area contributed by atoms with Crippen molar-refractivity contribution in [3.05, 3.63) is 52.7 Å². The number of aromatic nitrogens is 1. The SMILES string of the molecule is CCCNC(C)(/C=C(\N)C(=O)OCC)c1sc(-c2ccccc2)nc1CN1CCOCC1. The minimum absolute atomic E-state index is 0.102. The Labute approximate surface area is 194 Å². The highest BCUT2D eigenvalue weighted by Crippen LogP contribution is 2.37. The van der Waals surface area contributed by atoms with E-state index in [9.17, 15) is 4.79 Å². The highest BCUT2D eigenvalue weighted by Gasteiger charge is 2.32. The predicted molar refractivity (Wildman–Crippen MR) is 128 cm³/mol. The molecule has 3 N–H and O–H groups in total. The molecule has 1 fully saturated rings. The molecule has 1 aromatic carbocycles. The third kappa shape index (κ3) is 6.16. The van der Waals surface area contributed by atoms with Crippen molar-refractivity contribution >= 4 is 17.3 Å². The van der Waals surface area contributed by atoms with Crippen molar-refractivity contribution in [1.29, 1.82) is 0 Å². The fraction of sp³-hybridized carbons (Fsp3) is 0.500. The molecule has 0 spiro atoms. The number of nitrogens with one attached hydrogen (secondary N) is 1. The minimum atomic E-state index is -0.654. The molecule has 1 aliphatic rings. The first-order valence-electron chi connectivity index (χ1n) is 11.2. The van der Waals surface area contributed by atoms with Gasteiger partial charge in [-0.3, -0.25) is 4.90 Å². The summed E-state index contributed by atoms with van der Waals surface area (Å²) in [6.07, 6.45) is 2.73. The van der Waals surface area contributed by atoms with Crippen LogP contribution >= 0.6 is 11.3 Å². The average Bonchev–Trinajstić information content (AvgIpc) is 3.24. The van der Waals surface area contributed by atoms with Gasteiger partial charge in [0.25, 0.3) is 0 Å². The molecule has 7 nitrogen and oxygen atoms in total. The lowest BCUT2D eigenvalue weighted by molar-refractivity contribution is -0.138. The maximum Gasteiger partial charge on any atom is 0.353 e. The molecule has 32 heavy (non-hydrogen) atoms. The Hall–Kier alpha value is -2.26. The molecule has 0 aliphatic carbocycles. The smallest absolute Gasteiger partial charge is 0.353 e. The Morgan fingerprint density at radius 1 is 1.31 bits per heavy atom. The van der Waals surface area contributed by atoms with E-state index in [-0.39, 0.29) is 12.3 Å². The zero-order valence-corrected chi connectivity index (χ0v) is 20.0. The number of carbonyl (C=O) groups is 1. The number of hydrogen-bond donors (Lipinski definition) is 2. The summed E-state index contributed by atoms with van der Waals surface area (Å²) in [5.41, 5.74) is 7.67. The Morgan fingerprint density at radius 2 is 2.03 bits per heavy atom. The van der Waals surface area contributed by atoms with Gasteiger partial charge in [-0.25, -0.2) is 9.78 Å². The van der Waals surface area contributed by atoms with E-state index in [1.54, 1.807) is 24.3 Å². The zero-order chi connectivity index (χ0) is 23.0. The number of rotatable bonds is 10. The molecular formula is C24H34N4O3S. The molecule has 1 aromatic heterocycles. The standard InChI is InChI=1S/C24H34N4O3S/c1-4-11-26-24(3,16-19(25)23(29)31-5-2)21-20(17-28-12-14-30-15-13-28)27-22(32-21)18-9-7-6-8-10-18/h6-10,16,26H,4-5,11-15,17,25H2,1-3H3/b19-16-. The molecule has 2 heterocycles. The highest BCUT2D eigenvalue weighted by molar-refractivity contribution is 7.15. The van der Waals surface area contributed by atoms with Gasteiger partial charge in [0.1, 0.15) is 10.7 Å². The number of benzene rings is 1. The highest BCUT2D eigenvalue weighted by atomic mass is 32.1. The lowest BCUT2D eigenvalue weighted by atomic mass is 9.96. The van der Waals surface area contributed by atoms with Crippen LogP contribution in [-0.4, -0.2) is 55.3 Å². The average molecular weight is 459 g/mol. The number of thiazole rings is 1. The molecule has 8 heteroatoms. The number of ether oxygens (including phenoxy) is 2. The molecule has 0 saturated carbocycles. The van der Waals surface area contributed by atoms with Crippen LogP contribution in [0.4, 0.5) is 0 Å². The number of morpholine rings is 1. The number of esters is 1. The first-order chi connectivity index (χ1) is 15.5. The van der Waals surface area contributed by atoms with Crippen LogP contribution in [0.25, 0.3) is 10.6 Å². The van der Waals surface area contributed by atoms with E-state index in [2.05, 4.69) is 36.2 Å². The van der Waals surface area contributed by atoms with Gasteiger partial charge in [-0.05, 0) is 32.9 Å². The van der Waals surface area contributed by atoms with E-state index in [4.69, 9.17) is 20.2 Å². The van der Waals surface area contributed by atoms with Crippen LogP contribution < -0.4 is 11.1 Å². The van der Waals surface area contributed by atoms with E-state index >= 15 is 0 Å². The summed E-state index contributed by atoms with van der Waals surface area (Å²) in [5.74, 6) is -0.500. The quantitative estimate of drug-likeness (QED) is 0.417. The molecule has 1 aliphatic heterocycles. The van der Waals surface area contributed by atoms with Gasteiger partial charge in [0.15, 0.2) is 0 Å². The topological polar surface area (TPSA) is 89.7 Å². The van der Waals surface area contributed by atoms with Gasteiger partial charge in [-0.2, -0.15) is 0 Å². The third-order valence-electron chi connectivity index (χ3n) is 5.36. The van der Waals surface area contributed by atoms with E-state index < -0.39 is 11.5 Å². The van der Waals surface area contributed by atoms with Crippen LogP contribution in [0, 0.1) is 0 Å². The molecule has 0 amide bonds. The summed E-state index contributed by atoms with van der Waals surface area (Å²) < 4.78 is 10.6. The largest absolute Gasteiger partial charge is 0.461 e. The number of nitrogens with zero attached hydrogens (tertiary/aromatic N) is 2. The molecule has 3 rings (SSSR count). The lowest BCUT2D eigenvalue weighted by Gasteiger charge is -2.30. The van der Waals surface area contributed by atoms with Crippen LogP contribution in [0.1, 0.15) is 37.8 Å². The molecular weight excluding hydrogens is 424 g/mol. The summed E-state index contributed by atoms with van der Waals surface area (Å²) in [5, 5.41) is 4.55. The van der Waals surface area contributed by atoms with Crippen molar-refractivity contribution in [3.63, 3.8) is 0 Å². The van der Waals surface area contributed by atoms with E-state index in [1.165, 1.54) is 0 Å². The number of nitrogens with two attached hydrogens (primary N) is 1. The zero-order valence-electron chi connectivity index (χ0n) is 19.2. The second-order valence-corrected chi connectivity index (χ2v) is 9.00. The molecule has 1 atom stereocenters. The van der Waals surface area contributed by atoms with Gasteiger partial charge in [0.2, 0.25) is 0 Å². The molecule has 1 saturated heterocycles. The summed E-state index contributed by atoms with van der Waals surface area (Å²) in [7, 11) is 0. The van der Waals surface area contributed by atoms with Gasteiger partial charge in [0.05, 0.1) is 35.9 Å². The summed E-state index contributed by atoms with van der Waals surface area (Å²) in [6, 6.07) is 10.2. The Kier molecular flexibility index (Phi) is 8.81. The Morgan fingerprint density at radius 3 is 2.69 bits per heavy atom. The van der Waals surface area contributed by atoms with E-state index in [1.807, 2.05) is 18.2 Å². The van der Waals surface area contributed by atoms with Crippen molar-refractivity contribution in [2.45, 2.75) is 39.3 Å². The molecule has 0 bridgehead atoms. The molecule has 1 unspecified atom stereocenters.